The zero-order valence-electron chi connectivity index (χ0n) is 13.4. The first-order valence-corrected chi connectivity index (χ1v) is 7.86. The quantitative estimate of drug-likeness (QED) is 0.939. The molecule has 2 atom stereocenters. The number of benzene rings is 2. The monoisotopic (exact) mass is 322 g/mol. The van der Waals surface area contributed by atoms with Gasteiger partial charge in [-0.25, -0.2) is 0 Å². The van der Waals surface area contributed by atoms with Gasteiger partial charge < -0.3 is 14.8 Å². The molecule has 5 heteroatoms. The lowest BCUT2D eigenvalue weighted by atomic mass is 10.0. The van der Waals surface area contributed by atoms with Crippen LogP contribution in [0.3, 0.4) is 0 Å². The molecule has 0 bridgehead atoms. The highest BCUT2D eigenvalue weighted by Gasteiger charge is 2.25. The van der Waals surface area contributed by atoms with E-state index >= 15 is 0 Å². The number of ether oxygens (including phenoxy) is 2. The molecule has 1 aliphatic heterocycles. The average Bonchev–Trinajstić information content (AvgIpc) is 2.62. The molecule has 0 aromatic heterocycles. The van der Waals surface area contributed by atoms with Gasteiger partial charge in [0.1, 0.15) is 11.5 Å². The highest BCUT2D eigenvalue weighted by Crippen LogP contribution is 2.31. The third kappa shape index (κ3) is 3.49. The smallest absolute Gasteiger partial charge is 0.261 e. The number of rotatable bonds is 4. The van der Waals surface area contributed by atoms with Gasteiger partial charge in [-0.2, -0.15) is 5.26 Å². The molecule has 122 valence electrons. The van der Waals surface area contributed by atoms with Crippen LogP contribution in [-0.2, 0) is 4.79 Å². The van der Waals surface area contributed by atoms with Crippen molar-refractivity contribution in [3.05, 3.63) is 59.7 Å². The first-order valence-electron chi connectivity index (χ1n) is 7.86. The Bertz CT molecular complexity index is 765. The van der Waals surface area contributed by atoms with Gasteiger partial charge >= 0.3 is 0 Å². The zero-order chi connectivity index (χ0) is 16.9. The number of nitrogens with one attached hydrogen (secondary N) is 1. The van der Waals surface area contributed by atoms with Crippen molar-refractivity contribution in [2.75, 3.05) is 6.61 Å². The van der Waals surface area contributed by atoms with Gasteiger partial charge in [0.25, 0.3) is 5.91 Å². The fourth-order valence-electron chi connectivity index (χ4n) is 2.65. The van der Waals surface area contributed by atoms with E-state index in [0.29, 0.717) is 17.9 Å². The lowest BCUT2D eigenvalue weighted by Crippen LogP contribution is -2.40. The number of nitriles is 1. The van der Waals surface area contributed by atoms with Crippen LogP contribution < -0.4 is 14.8 Å². The number of amides is 1. The second-order valence-corrected chi connectivity index (χ2v) is 5.63. The Kier molecular flexibility index (Phi) is 4.66. The van der Waals surface area contributed by atoms with Crippen molar-refractivity contribution in [1.29, 1.82) is 5.26 Å². The van der Waals surface area contributed by atoms with Crippen LogP contribution in [0.4, 0.5) is 0 Å². The fraction of sp³-hybridized carbons (Fsp3) is 0.263. The Morgan fingerprint density at radius 1 is 1.29 bits per heavy atom. The molecule has 1 heterocycles. The molecule has 0 saturated heterocycles. The second-order valence-electron chi connectivity index (χ2n) is 5.63. The van der Waals surface area contributed by atoms with Crippen LogP contribution in [0.25, 0.3) is 0 Å². The molecule has 0 spiro atoms. The molecule has 24 heavy (non-hydrogen) atoms. The van der Waals surface area contributed by atoms with Gasteiger partial charge in [-0.15, -0.1) is 0 Å². The molecule has 3 rings (SSSR count). The van der Waals surface area contributed by atoms with E-state index in [1.807, 2.05) is 30.3 Å². The van der Waals surface area contributed by atoms with E-state index in [1.165, 1.54) is 0 Å². The van der Waals surface area contributed by atoms with E-state index in [1.54, 1.807) is 31.2 Å². The summed E-state index contributed by atoms with van der Waals surface area (Å²) in [7, 11) is 0. The van der Waals surface area contributed by atoms with Crippen LogP contribution in [0, 0.1) is 11.3 Å². The van der Waals surface area contributed by atoms with Gasteiger partial charge in [0.15, 0.2) is 6.10 Å². The molecule has 0 saturated carbocycles. The molecule has 2 aromatic rings. The van der Waals surface area contributed by atoms with E-state index in [-0.39, 0.29) is 11.9 Å². The molecule has 0 radical (unpaired) electrons. The SMILES string of the molecule is C[C@@H](Oc1ccc(C#N)cc1)C(=O)N[C@H]1CCOc2ccccc21. The topological polar surface area (TPSA) is 71.3 Å². The number of nitrogens with zero attached hydrogens (tertiary/aromatic N) is 1. The normalized spacial score (nSPS) is 16.9. The predicted molar refractivity (Wildman–Crippen MR) is 88.7 cm³/mol. The van der Waals surface area contributed by atoms with Crippen LogP contribution in [0.15, 0.2) is 48.5 Å². The zero-order valence-corrected chi connectivity index (χ0v) is 13.4. The summed E-state index contributed by atoms with van der Waals surface area (Å²) in [6.07, 6.45) is 0.0970. The van der Waals surface area contributed by atoms with Gasteiger partial charge in [-0.1, -0.05) is 18.2 Å². The molecule has 5 nitrogen and oxygen atoms in total. The largest absolute Gasteiger partial charge is 0.493 e. The van der Waals surface area contributed by atoms with Gasteiger partial charge in [0.2, 0.25) is 0 Å². The van der Waals surface area contributed by atoms with Crippen molar-refractivity contribution in [3.8, 4) is 17.6 Å². The van der Waals surface area contributed by atoms with E-state index in [2.05, 4.69) is 5.32 Å². The summed E-state index contributed by atoms with van der Waals surface area (Å²) >= 11 is 0. The number of carbonyl (C=O) groups is 1. The molecule has 0 aliphatic carbocycles. The maximum atomic E-state index is 12.4. The Hall–Kier alpha value is -3.00. The third-order valence-electron chi connectivity index (χ3n) is 3.94. The minimum Gasteiger partial charge on any atom is -0.493 e. The lowest BCUT2D eigenvalue weighted by molar-refractivity contribution is -0.128. The maximum Gasteiger partial charge on any atom is 0.261 e. The highest BCUT2D eigenvalue weighted by atomic mass is 16.5. The van der Waals surface area contributed by atoms with Crippen molar-refractivity contribution in [2.24, 2.45) is 0 Å². The summed E-state index contributed by atoms with van der Waals surface area (Å²) in [4.78, 5) is 12.4. The van der Waals surface area contributed by atoms with Crippen molar-refractivity contribution >= 4 is 5.91 Å². The highest BCUT2D eigenvalue weighted by molar-refractivity contribution is 5.81. The Balaban J connectivity index is 1.63. The van der Waals surface area contributed by atoms with Crippen LogP contribution in [0.1, 0.15) is 30.5 Å². The minimum absolute atomic E-state index is 0.0746. The minimum atomic E-state index is -0.632. The molecular weight excluding hydrogens is 304 g/mol. The summed E-state index contributed by atoms with van der Waals surface area (Å²) in [6, 6.07) is 16.4. The summed E-state index contributed by atoms with van der Waals surface area (Å²) in [5, 5.41) is 11.8. The maximum absolute atomic E-state index is 12.4. The first-order chi connectivity index (χ1) is 11.7. The van der Waals surface area contributed by atoms with Crippen molar-refractivity contribution in [2.45, 2.75) is 25.5 Å². The number of para-hydroxylation sites is 1. The predicted octanol–water partition coefficient (Wildman–Crippen LogP) is 2.97. The molecule has 2 aromatic carbocycles. The van der Waals surface area contributed by atoms with Gasteiger partial charge in [0, 0.05) is 12.0 Å². The summed E-state index contributed by atoms with van der Waals surface area (Å²) in [5.74, 6) is 1.19. The lowest BCUT2D eigenvalue weighted by Gasteiger charge is -2.27. The third-order valence-corrected chi connectivity index (χ3v) is 3.94. The number of carbonyl (C=O) groups excluding carboxylic acids is 1. The van der Waals surface area contributed by atoms with Crippen LogP contribution in [0.5, 0.6) is 11.5 Å². The molecule has 1 N–H and O–H groups in total. The Labute approximate surface area is 140 Å². The summed E-state index contributed by atoms with van der Waals surface area (Å²) in [5.41, 5.74) is 1.54. The summed E-state index contributed by atoms with van der Waals surface area (Å²) in [6.45, 7) is 2.28. The molecular formula is C19H18N2O3. The van der Waals surface area contributed by atoms with Crippen LogP contribution in [-0.4, -0.2) is 18.6 Å². The standard InChI is InChI=1S/C19H18N2O3/c1-13(24-15-8-6-14(12-20)7-9-15)19(22)21-17-10-11-23-18-5-3-2-4-16(17)18/h2-9,13,17H,10-11H2,1H3,(H,21,22)/t13-,17+/m1/s1. The van der Waals surface area contributed by atoms with Crippen molar-refractivity contribution < 1.29 is 14.3 Å². The van der Waals surface area contributed by atoms with E-state index < -0.39 is 6.10 Å². The van der Waals surface area contributed by atoms with Gasteiger partial charge in [0.05, 0.1) is 24.3 Å². The number of hydrogen-bond donors (Lipinski definition) is 1. The molecule has 1 amide bonds. The molecule has 1 aliphatic rings. The Morgan fingerprint density at radius 3 is 2.79 bits per heavy atom. The van der Waals surface area contributed by atoms with Crippen LogP contribution >= 0.6 is 0 Å². The molecule has 0 unspecified atom stereocenters. The van der Waals surface area contributed by atoms with Gasteiger partial charge in [-0.3, -0.25) is 4.79 Å². The van der Waals surface area contributed by atoms with Gasteiger partial charge in [-0.05, 0) is 37.3 Å². The number of fused-ring (bicyclic) bond motifs is 1. The second kappa shape index (κ2) is 7.05. The van der Waals surface area contributed by atoms with Crippen LogP contribution in [0.2, 0.25) is 0 Å². The molecule has 0 fully saturated rings. The van der Waals surface area contributed by atoms with E-state index in [9.17, 15) is 4.79 Å². The van der Waals surface area contributed by atoms with E-state index in [0.717, 1.165) is 17.7 Å². The average molecular weight is 322 g/mol. The van der Waals surface area contributed by atoms with Crippen molar-refractivity contribution in [1.82, 2.24) is 5.32 Å². The fourth-order valence-corrected chi connectivity index (χ4v) is 2.65. The first kappa shape index (κ1) is 15.9. The Morgan fingerprint density at radius 2 is 2.04 bits per heavy atom. The summed E-state index contributed by atoms with van der Waals surface area (Å²) < 4.78 is 11.3. The van der Waals surface area contributed by atoms with Crippen molar-refractivity contribution in [3.63, 3.8) is 0 Å². The number of hydrogen-bond acceptors (Lipinski definition) is 4. The van der Waals surface area contributed by atoms with E-state index in [4.69, 9.17) is 14.7 Å².